The number of ether oxygens (including phenoxy) is 1. The molecule has 1 aliphatic rings. The maximum absolute atomic E-state index is 13.8. The third-order valence-electron chi connectivity index (χ3n) is 4.91. The topological polar surface area (TPSA) is 83.0 Å². The number of para-hydroxylation sites is 1. The number of nitrogens with zero attached hydrogens (tertiary/aromatic N) is 2. The fourth-order valence-corrected chi connectivity index (χ4v) is 3.98. The van der Waals surface area contributed by atoms with Crippen molar-refractivity contribution in [3.63, 3.8) is 0 Å². The molecule has 0 aliphatic carbocycles. The molecule has 0 saturated carbocycles. The molecule has 1 saturated heterocycles. The Bertz CT molecular complexity index is 756. The van der Waals surface area contributed by atoms with Gasteiger partial charge in [-0.25, -0.2) is 17.1 Å². The number of hydrogen-bond acceptors (Lipinski definition) is 4. The lowest BCUT2D eigenvalue weighted by Crippen LogP contribution is -2.46. The van der Waals surface area contributed by atoms with Crippen LogP contribution in [0.15, 0.2) is 29.3 Å². The molecular weight excluding hydrogens is 510 g/mol. The van der Waals surface area contributed by atoms with Crippen molar-refractivity contribution in [1.82, 2.24) is 14.9 Å². The van der Waals surface area contributed by atoms with Gasteiger partial charge in [-0.05, 0) is 37.3 Å². The molecule has 1 fully saturated rings. The summed E-state index contributed by atoms with van der Waals surface area (Å²) in [5.74, 6) is 0.926. The number of piperidine rings is 1. The molecule has 1 aliphatic heterocycles. The molecule has 0 spiro atoms. The Hall–Kier alpha value is -1.14. The van der Waals surface area contributed by atoms with E-state index in [0.717, 1.165) is 25.8 Å². The average molecular weight is 542 g/mol. The van der Waals surface area contributed by atoms with Crippen LogP contribution in [0.3, 0.4) is 0 Å². The molecule has 0 radical (unpaired) electrons. The monoisotopic (exact) mass is 542 g/mol. The summed E-state index contributed by atoms with van der Waals surface area (Å²) in [4.78, 5) is 4.22. The zero-order valence-corrected chi connectivity index (χ0v) is 20.4. The van der Waals surface area contributed by atoms with Gasteiger partial charge in [-0.1, -0.05) is 19.1 Å². The lowest BCUT2D eigenvalue weighted by atomic mass is 9.98. The maximum atomic E-state index is 13.8. The standard InChI is InChI=1S/C19H31FN4O3S.HI/c1-4-16(27-18-8-6-5-7-17(18)20)14-23-19(21-2)22-13-15-9-11-24(12-10-15)28(3,25)26;/h5-8,15-16H,4,9-14H2,1-3H3,(H2,21,22,23);1H. The molecule has 0 aromatic heterocycles. The van der Waals surface area contributed by atoms with E-state index in [2.05, 4.69) is 15.6 Å². The molecule has 29 heavy (non-hydrogen) atoms. The van der Waals surface area contributed by atoms with Gasteiger partial charge in [0.25, 0.3) is 0 Å². The van der Waals surface area contributed by atoms with Crippen molar-refractivity contribution in [2.45, 2.75) is 32.3 Å². The van der Waals surface area contributed by atoms with E-state index < -0.39 is 10.0 Å². The maximum Gasteiger partial charge on any atom is 0.211 e. The lowest BCUT2D eigenvalue weighted by Gasteiger charge is -2.30. The molecule has 1 aromatic carbocycles. The fourth-order valence-electron chi connectivity index (χ4n) is 3.11. The quantitative estimate of drug-likeness (QED) is 0.300. The van der Waals surface area contributed by atoms with E-state index in [-0.39, 0.29) is 41.6 Å². The zero-order valence-electron chi connectivity index (χ0n) is 17.2. The predicted molar refractivity (Wildman–Crippen MR) is 125 cm³/mol. The first-order valence-corrected chi connectivity index (χ1v) is 11.5. The second-order valence-corrected chi connectivity index (χ2v) is 9.00. The first-order valence-electron chi connectivity index (χ1n) is 9.64. The van der Waals surface area contributed by atoms with Gasteiger partial charge in [0.15, 0.2) is 17.5 Å². The lowest BCUT2D eigenvalue weighted by molar-refractivity contribution is 0.191. The second kappa shape index (κ2) is 12.5. The molecule has 2 rings (SSSR count). The van der Waals surface area contributed by atoms with Gasteiger partial charge in [-0.3, -0.25) is 4.99 Å². The Morgan fingerprint density at radius 2 is 1.97 bits per heavy atom. The number of hydrogen-bond donors (Lipinski definition) is 2. The van der Waals surface area contributed by atoms with Crippen LogP contribution in [0.25, 0.3) is 0 Å². The summed E-state index contributed by atoms with van der Waals surface area (Å²) in [5, 5.41) is 6.51. The molecule has 0 bridgehead atoms. The van der Waals surface area contributed by atoms with Crippen LogP contribution in [0.4, 0.5) is 4.39 Å². The summed E-state index contributed by atoms with van der Waals surface area (Å²) in [7, 11) is -1.40. The molecule has 10 heteroatoms. The first-order chi connectivity index (χ1) is 13.3. The van der Waals surface area contributed by atoms with Crippen LogP contribution >= 0.6 is 24.0 Å². The highest BCUT2D eigenvalue weighted by Crippen LogP contribution is 2.19. The highest BCUT2D eigenvalue weighted by Gasteiger charge is 2.24. The average Bonchev–Trinajstić information content (AvgIpc) is 2.68. The Morgan fingerprint density at radius 1 is 1.31 bits per heavy atom. The van der Waals surface area contributed by atoms with Crippen LogP contribution in [0, 0.1) is 11.7 Å². The largest absolute Gasteiger partial charge is 0.486 e. The molecule has 166 valence electrons. The minimum absolute atomic E-state index is 0. The van der Waals surface area contributed by atoms with E-state index in [0.29, 0.717) is 31.5 Å². The molecule has 7 nitrogen and oxygen atoms in total. The van der Waals surface area contributed by atoms with Crippen LogP contribution in [-0.2, 0) is 10.0 Å². The summed E-state index contributed by atoms with van der Waals surface area (Å²) in [6, 6.07) is 6.38. The van der Waals surface area contributed by atoms with Crippen LogP contribution in [0.2, 0.25) is 0 Å². The van der Waals surface area contributed by atoms with Crippen molar-refractivity contribution >= 4 is 40.0 Å². The Balaban J connectivity index is 0.00000420. The van der Waals surface area contributed by atoms with Gasteiger partial charge >= 0.3 is 0 Å². The number of rotatable bonds is 8. The van der Waals surface area contributed by atoms with Crippen LogP contribution in [-0.4, -0.2) is 64.3 Å². The van der Waals surface area contributed by atoms with Gasteiger partial charge in [0, 0.05) is 26.7 Å². The number of nitrogens with one attached hydrogen (secondary N) is 2. The molecule has 2 N–H and O–H groups in total. The number of aliphatic imine (C=N–C) groups is 1. The normalized spacial score (nSPS) is 17.3. The van der Waals surface area contributed by atoms with Gasteiger partial charge < -0.3 is 15.4 Å². The van der Waals surface area contributed by atoms with Crippen molar-refractivity contribution in [3.8, 4) is 5.75 Å². The van der Waals surface area contributed by atoms with E-state index in [1.165, 1.54) is 16.6 Å². The summed E-state index contributed by atoms with van der Waals surface area (Å²) >= 11 is 0. The van der Waals surface area contributed by atoms with Gasteiger partial charge in [-0.15, -0.1) is 24.0 Å². The molecule has 1 unspecified atom stereocenters. The number of guanidine groups is 1. The highest BCUT2D eigenvalue weighted by molar-refractivity contribution is 14.0. The molecule has 1 aromatic rings. The molecule has 1 atom stereocenters. The second-order valence-electron chi connectivity index (χ2n) is 7.02. The van der Waals surface area contributed by atoms with Crippen molar-refractivity contribution < 1.29 is 17.5 Å². The minimum atomic E-state index is -3.10. The first kappa shape index (κ1) is 25.9. The molecule has 1 heterocycles. The van der Waals surface area contributed by atoms with Gasteiger partial charge in [0.1, 0.15) is 6.10 Å². The van der Waals surface area contributed by atoms with Crippen LogP contribution in [0.1, 0.15) is 26.2 Å². The van der Waals surface area contributed by atoms with Crippen molar-refractivity contribution in [2.75, 3.05) is 39.5 Å². The van der Waals surface area contributed by atoms with E-state index >= 15 is 0 Å². The van der Waals surface area contributed by atoms with Crippen molar-refractivity contribution in [3.05, 3.63) is 30.1 Å². The molecular formula is C19H32FIN4O3S. The van der Waals surface area contributed by atoms with Gasteiger partial charge in [0.2, 0.25) is 10.0 Å². The summed E-state index contributed by atoms with van der Waals surface area (Å²) in [5.41, 5.74) is 0. The smallest absolute Gasteiger partial charge is 0.211 e. The molecule has 0 amide bonds. The van der Waals surface area contributed by atoms with Crippen molar-refractivity contribution in [1.29, 1.82) is 0 Å². The summed E-state index contributed by atoms with van der Waals surface area (Å²) < 4.78 is 44.2. The summed E-state index contributed by atoms with van der Waals surface area (Å²) in [6.45, 7) is 4.33. The van der Waals surface area contributed by atoms with Crippen LogP contribution in [0.5, 0.6) is 5.75 Å². The van der Waals surface area contributed by atoms with Gasteiger partial charge in [0.05, 0.1) is 12.8 Å². The highest BCUT2D eigenvalue weighted by atomic mass is 127. The van der Waals surface area contributed by atoms with E-state index in [1.807, 2.05) is 6.92 Å². The van der Waals surface area contributed by atoms with Gasteiger partial charge in [-0.2, -0.15) is 0 Å². The Morgan fingerprint density at radius 3 is 2.52 bits per heavy atom. The van der Waals surface area contributed by atoms with Crippen molar-refractivity contribution in [2.24, 2.45) is 10.9 Å². The predicted octanol–water partition coefficient (Wildman–Crippen LogP) is 2.44. The van der Waals surface area contributed by atoms with E-state index in [4.69, 9.17) is 4.74 Å². The van der Waals surface area contributed by atoms with Crippen LogP contribution < -0.4 is 15.4 Å². The third kappa shape index (κ3) is 8.63. The summed E-state index contributed by atoms with van der Waals surface area (Å²) in [6.07, 6.45) is 3.44. The third-order valence-corrected chi connectivity index (χ3v) is 6.21. The number of halogens is 2. The fraction of sp³-hybridized carbons (Fsp3) is 0.632. The number of benzene rings is 1. The Labute approximate surface area is 190 Å². The zero-order chi connectivity index (χ0) is 20.6. The Kier molecular flexibility index (Phi) is 11.2. The van der Waals surface area contributed by atoms with E-state index in [9.17, 15) is 12.8 Å². The van der Waals surface area contributed by atoms with E-state index in [1.54, 1.807) is 25.2 Å². The minimum Gasteiger partial charge on any atom is -0.486 e. The number of sulfonamides is 1. The SMILES string of the molecule is CCC(CNC(=NC)NCC1CCN(S(C)(=O)=O)CC1)Oc1ccccc1F.I.